The summed E-state index contributed by atoms with van der Waals surface area (Å²) in [6.45, 7) is 1.15. The standard InChI is InChI=1S/C17H18BrN3O3S/c18-13-4-9-17(22)16(12-13)20-19-14-5-7-15(8-6-14)25(23,24)21-10-2-1-3-11-21/h4-9,12,22H,1-3,10-11H2. The first kappa shape index (κ1) is 18.0. The van der Waals surface area contributed by atoms with E-state index in [-0.39, 0.29) is 10.6 Å². The fourth-order valence-electron chi connectivity index (χ4n) is 2.63. The van der Waals surface area contributed by atoms with Crippen LogP contribution >= 0.6 is 15.9 Å². The molecule has 1 saturated heterocycles. The van der Waals surface area contributed by atoms with Crippen molar-refractivity contribution >= 4 is 37.3 Å². The lowest BCUT2D eigenvalue weighted by atomic mass is 10.2. The number of aromatic hydroxyl groups is 1. The Morgan fingerprint density at radius 2 is 1.64 bits per heavy atom. The number of benzene rings is 2. The van der Waals surface area contributed by atoms with Crippen LogP contribution in [-0.2, 0) is 10.0 Å². The van der Waals surface area contributed by atoms with Crippen molar-refractivity contribution in [2.45, 2.75) is 24.2 Å². The van der Waals surface area contributed by atoms with Crippen LogP contribution in [0.4, 0.5) is 11.4 Å². The zero-order valence-electron chi connectivity index (χ0n) is 13.5. The second kappa shape index (κ2) is 7.63. The Morgan fingerprint density at radius 1 is 0.960 bits per heavy atom. The first-order valence-electron chi connectivity index (χ1n) is 7.97. The van der Waals surface area contributed by atoms with Gasteiger partial charge in [-0.05, 0) is 55.3 Å². The smallest absolute Gasteiger partial charge is 0.243 e. The van der Waals surface area contributed by atoms with Gasteiger partial charge in [-0.2, -0.15) is 9.42 Å². The van der Waals surface area contributed by atoms with Crippen LogP contribution in [0.1, 0.15) is 19.3 Å². The Bertz CT molecular complexity index is 877. The van der Waals surface area contributed by atoms with Gasteiger partial charge >= 0.3 is 0 Å². The topological polar surface area (TPSA) is 82.3 Å². The first-order chi connectivity index (χ1) is 12.0. The van der Waals surface area contributed by atoms with Crippen LogP contribution < -0.4 is 0 Å². The Hall–Kier alpha value is -1.77. The van der Waals surface area contributed by atoms with E-state index in [0.29, 0.717) is 24.5 Å². The highest BCUT2D eigenvalue weighted by Gasteiger charge is 2.25. The first-order valence-corrected chi connectivity index (χ1v) is 10.2. The number of piperidine rings is 1. The summed E-state index contributed by atoms with van der Waals surface area (Å²) in [4.78, 5) is 0.263. The number of hydrogen-bond acceptors (Lipinski definition) is 5. The highest BCUT2D eigenvalue weighted by Crippen LogP contribution is 2.31. The molecule has 6 nitrogen and oxygen atoms in total. The highest BCUT2D eigenvalue weighted by atomic mass is 79.9. The molecule has 0 radical (unpaired) electrons. The largest absolute Gasteiger partial charge is 0.506 e. The van der Waals surface area contributed by atoms with Crippen molar-refractivity contribution in [3.8, 4) is 5.75 Å². The van der Waals surface area contributed by atoms with Gasteiger partial charge in [0.1, 0.15) is 11.4 Å². The van der Waals surface area contributed by atoms with Gasteiger partial charge in [-0.15, -0.1) is 5.11 Å². The van der Waals surface area contributed by atoms with E-state index in [2.05, 4.69) is 26.2 Å². The van der Waals surface area contributed by atoms with Crippen molar-refractivity contribution in [1.29, 1.82) is 0 Å². The van der Waals surface area contributed by atoms with E-state index >= 15 is 0 Å². The minimum atomic E-state index is -3.44. The lowest BCUT2D eigenvalue weighted by Gasteiger charge is -2.25. The summed E-state index contributed by atoms with van der Waals surface area (Å²) in [5.41, 5.74) is 0.844. The quantitative estimate of drug-likeness (QED) is 0.720. The van der Waals surface area contributed by atoms with Gasteiger partial charge in [-0.1, -0.05) is 22.4 Å². The second-order valence-corrected chi connectivity index (χ2v) is 8.65. The van der Waals surface area contributed by atoms with Crippen LogP contribution in [0.15, 0.2) is 62.1 Å². The fraction of sp³-hybridized carbons (Fsp3) is 0.294. The Balaban J connectivity index is 1.78. The van der Waals surface area contributed by atoms with Gasteiger partial charge in [0.25, 0.3) is 0 Å². The summed E-state index contributed by atoms with van der Waals surface area (Å²) in [7, 11) is -3.44. The van der Waals surface area contributed by atoms with E-state index in [1.807, 2.05) is 0 Å². The predicted molar refractivity (Wildman–Crippen MR) is 99.0 cm³/mol. The molecule has 8 heteroatoms. The maximum Gasteiger partial charge on any atom is 0.243 e. The minimum absolute atomic E-state index is 0.0243. The molecule has 1 aliphatic heterocycles. The Morgan fingerprint density at radius 3 is 2.32 bits per heavy atom. The van der Waals surface area contributed by atoms with E-state index in [0.717, 1.165) is 23.7 Å². The van der Waals surface area contributed by atoms with E-state index in [9.17, 15) is 13.5 Å². The average Bonchev–Trinajstić information content (AvgIpc) is 2.63. The second-order valence-electron chi connectivity index (χ2n) is 5.79. The van der Waals surface area contributed by atoms with Gasteiger partial charge in [0.15, 0.2) is 0 Å². The zero-order valence-corrected chi connectivity index (χ0v) is 15.9. The van der Waals surface area contributed by atoms with Gasteiger partial charge in [0.05, 0.1) is 10.6 Å². The number of azo groups is 1. The Kier molecular flexibility index (Phi) is 5.51. The monoisotopic (exact) mass is 423 g/mol. The normalized spacial score (nSPS) is 16.4. The molecule has 0 aromatic heterocycles. The van der Waals surface area contributed by atoms with Gasteiger partial charge in [0.2, 0.25) is 10.0 Å². The van der Waals surface area contributed by atoms with E-state index < -0.39 is 10.0 Å². The van der Waals surface area contributed by atoms with E-state index in [1.165, 1.54) is 10.4 Å². The summed E-state index contributed by atoms with van der Waals surface area (Å²) in [5.74, 6) is 0.0243. The molecule has 2 aromatic carbocycles. The Labute approximate surface area is 155 Å². The van der Waals surface area contributed by atoms with Gasteiger partial charge in [0, 0.05) is 17.6 Å². The van der Waals surface area contributed by atoms with E-state index in [4.69, 9.17) is 0 Å². The number of nitrogens with zero attached hydrogens (tertiary/aromatic N) is 3. The van der Waals surface area contributed by atoms with Crippen molar-refractivity contribution in [3.63, 3.8) is 0 Å². The number of hydrogen-bond donors (Lipinski definition) is 1. The van der Waals surface area contributed by atoms with Crippen molar-refractivity contribution in [2.24, 2.45) is 10.2 Å². The van der Waals surface area contributed by atoms with Crippen LogP contribution in [0.25, 0.3) is 0 Å². The molecule has 25 heavy (non-hydrogen) atoms. The number of rotatable bonds is 4. The maximum atomic E-state index is 12.6. The average molecular weight is 424 g/mol. The molecule has 0 aliphatic carbocycles. The SMILES string of the molecule is O=S(=O)(c1ccc(N=Nc2cc(Br)ccc2O)cc1)N1CCCCC1. The molecule has 132 valence electrons. The molecule has 1 aliphatic rings. The molecule has 1 heterocycles. The van der Waals surface area contributed by atoms with Crippen molar-refractivity contribution < 1.29 is 13.5 Å². The van der Waals surface area contributed by atoms with Gasteiger partial charge in [-0.3, -0.25) is 0 Å². The predicted octanol–water partition coefficient (Wildman–Crippen LogP) is 4.74. The van der Waals surface area contributed by atoms with E-state index in [1.54, 1.807) is 36.4 Å². The molecule has 0 atom stereocenters. The van der Waals surface area contributed by atoms with Crippen molar-refractivity contribution in [1.82, 2.24) is 4.31 Å². The molecule has 1 N–H and O–H groups in total. The summed E-state index contributed by atoms with van der Waals surface area (Å²) >= 11 is 3.31. The summed E-state index contributed by atoms with van der Waals surface area (Å²) in [5, 5.41) is 17.8. The number of halogens is 1. The van der Waals surface area contributed by atoms with Crippen molar-refractivity contribution in [2.75, 3.05) is 13.1 Å². The number of phenols is 1. The van der Waals surface area contributed by atoms with Crippen LogP contribution in [0, 0.1) is 0 Å². The zero-order chi connectivity index (χ0) is 17.9. The van der Waals surface area contributed by atoms with Crippen molar-refractivity contribution in [3.05, 3.63) is 46.9 Å². The van der Waals surface area contributed by atoms with Crippen LogP contribution in [0.3, 0.4) is 0 Å². The van der Waals surface area contributed by atoms with Crippen LogP contribution in [0.2, 0.25) is 0 Å². The molecule has 0 spiro atoms. The minimum Gasteiger partial charge on any atom is -0.506 e. The molecule has 0 bridgehead atoms. The third kappa shape index (κ3) is 4.26. The number of sulfonamides is 1. The maximum absolute atomic E-state index is 12.6. The molecule has 0 saturated carbocycles. The molecule has 3 rings (SSSR count). The van der Waals surface area contributed by atoms with Gasteiger partial charge in [-0.25, -0.2) is 8.42 Å². The third-order valence-electron chi connectivity index (χ3n) is 4.00. The lowest BCUT2D eigenvalue weighted by molar-refractivity contribution is 0.346. The third-order valence-corrected chi connectivity index (χ3v) is 6.41. The lowest BCUT2D eigenvalue weighted by Crippen LogP contribution is -2.35. The molecule has 1 fully saturated rings. The van der Waals surface area contributed by atoms with Crippen LogP contribution in [-0.4, -0.2) is 30.9 Å². The summed E-state index contributed by atoms with van der Waals surface area (Å²) in [6, 6.07) is 11.2. The molecule has 0 unspecified atom stereocenters. The summed E-state index contributed by atoms with van der Waals surface area (Å²) < 4.78 is 27.5. The molecular weight excluding hydrogens is 406 g/mol. The fourth-order valence-corrected chi connectivity index (χ4v) is 4.49. The molecule has 0 amide bonds. The van der Waals surface area contributed by atoms with Crippen LogP contribution in [0.5, 0.6) is 5.75 Å². The van der Waals surface area contributed by atoms with Gasteiger partial charge < -0.3 is 5.11 Å². The molecular formula is C17H18BrN3O3S. The molecule has 2 aromatic rings. The highest BCUT2D eigenvalue weighted by molar-refractivity contribution is 9.10. The number of phenolic OH excluding ortho intramolecular Hbond substituents is 1. The summed E-state index contributed by atoms with van der Waals surface area (Å²) in [6.07, 6.45) is 2.89.